The van der Waals surface area contributed by atoms with Crippen molar-refractivity contribution in [3.8, 4) is 5.75 Å². The van der Waals surface area contributed by atoms with Crippen LogP contribution in [0, 0.1) is 6.92 Å². The van der Waals surface area contributed by atoms with E-state index in [1.54, 1.807) is 24.0 Å². The van der Waals surface area contributed by atoms with E-state index in [1.807, 2.05) is 57.2 Å². The smallest absolute Gasteiger partial charge is 0.261 e. The van der Waals surface area contributed by atoms with Gasteiger partial charge in [0, 0.05) is 17.1 Å². The molecule has 0 fully saturated rings. The molecule has 1 N–H and O–H groups in total. The third-order valence-corrected chi connectivity index (χ3v) is 4.78. The Bertz CT molecular complexity index is 788. The molecule has 0 saturated carbocycles. The molecule has 0 aliphatic rings. The van der Waals surface area contributed by atoms with Crippen LogP contribution in [0.4, 0.5) is 0 Å². The number of rotatable bonds is 8. The van der Waals surface area contributed by atoms with Gasteiger partial charge in [0.05, 0.1) is 0 Å². The van der Waals surface area contributed by atoms with Crippen LogP contribution in [-0.2, 0) is 16.1 Å². The molecule has 0 aliphatic heterocycles. The van der Waals surface area contributed by atoms with Crippen molar-refractivity contribution >= 4 is 27.7 Å². The Morgan fingerprint density at radius 1 is 1.04 bits per heavy atom. The standard InChI is InChI=1S/C22H27BrN2O3/c1-15(2)24-22(27)17(4)25(13-18-7-5-16(3)6-8-18)21(26)14-28-20-11-9-19(23)10-12-20/h5-12,15,17H,13-14H2,1-4H3,(H,24,27)/t17-/m1/s1. The first kappa shape index (κ1) is 22.0. The molecule has 2 rings (SSSR count). The molecule has 6 heteroatoms. The number of amides is 2. The predicted octanol–water partition coefficient (Wildman–Crippen LogP) is 4.08. The highest BCUT2D eigenvalue weighted by Gasteiger charge is 2.26. The Labute approximate surface area is 175 Å². The minimum Gasteiger partial charge on any atom is -0.484 e. The summed E-state index contributed by atoms with van der Waals surface area (Å²) in [4.78, 5) is 27.0. The summed E-state index contributed by atoms with van der Waals surface area (Å²) in [5.41, 5.74) is 2.11. The van der Waals surface area contributed by atoms with Crippen LogP contribution in [0.5, 0.6) is 5.75 Å². The van der Waals surface area contributed by atoms with Crippen LogP contribution >= 0.6 is 15.9 Å². The summed E-state index contributed by atoms with van der Waals surface area (Å²) >= 11 is 3.37. The summed E-state index contributed by atoms with van der Waals surface area (Å²) in [6.45, 7) is 7.75. The molecule has 2 amide bonds. The van der Waals surface area contributed by atoms with Gasteiger partial charge >= 0.3 is 0 Å². The number of benzene rings is 2. The lowest BCUT2D eigenvalue weighted by Gasteiger charge is -2.29. The molecular formula is C22H27BrN2O3. The summed E-state index contributed by atoms with van der Waals surface area (Å²) in [5.74, 6) is 0.181. The van der Waals surface area contributed by atoms with Crippen LogP contribution in [0.2, 0.25) is 0 Å². The molecule has 0 saturated heterocycles. The van der Waals surface area contributed by atoms with Crippen molar-refractivity contribution in [3.05, 3.63) is 64.1 Å². The van der Waals surface area contributed by atoms with E-state index in [0.29, 0.717) is 12.3 Å². The molecule has 28 heavy (non-hydrogen) atoms. The van der Waals surface area contributed by atoms with E-state index < -0.39 is 6.04 Å². The maximum Gasteiger partial charge on any atom is 0.261 e. The predicted molar refractivity (Wildman–Crippen MR) is 114 cm³/mol. The van der Waals surface area contributed by atoms with Crippen molar-refractivity contribution in [2.24, 2.45) is 0 Å². The minimum absolute atomic E-state index is 0.00490. The van der Waals surface area contributed by atoms with E-state index in [-0.39, 0.29) is 24.5 Å². The highest BCUT2D eigenvalue weighted by atomic mass is 79.9. The summed E-state index contributed by atoms with van der Waals surface area (Å²) in [7, 11) is 0. The maximum absolute atomic E-state index is 12.9. The van der Waals surface area contributed by atoms with Crippen molar-refractivity contribution in [2.75, 3.05) is 6.61 Å². The Hall–Kier alpha value is -2.34. The Morgan fingerprint density at radius 2 is 1.64 bits per heavy atom. The van der Waals surface area contributed by atoms with Gasteiger partial charge < -0.3 is 15.0 Å². The topological polar surface area (TPSA) is 58.6 Å². The van der Waals surface area contributed by atoms with E-state index in [4.69, 9.17) is 4.74 Å². The van der Waals surface area contributed by atoms with Gasteiger partial charge in [-0.3, -0.25) is 9.59 Å². The summed E-state index contributed by atoms with van der Waals surface area (Å²) in [6.07, 6.45) is 0. The van der Waals surface area contributed by atoms with Gasteiger partial charge in [-0.15, -0.1) is 0 Å². The van der Waals surface area contributed by atoms with Gasteiger partial charge in [0.1, 0.15) is 11.8 Å². The van der Waals surface area contributed by atoms with Gasteiger partial charge in [-0.25, -0.2) is 0 Å². The first-order chi connectivity index (χ1) is 13.3. The van der Waals surface area contributed by atoms with Gasteiger partial charge in [0.25, 0.3) is 5.91 Å². The number of aryl methyl sites for hydroxylation is 1. The highest BCUT2D eigenvalue weighted by molar-refractivity contribution is 9.10. The number of hydrogen-bond donors (Lipinski definition) is 1. The van der Waals surface area contributed by atoms with Crippen molar-refractivity contribution in [1.29, 1.82) is 0 Å². The number of halogens is 1. The molecule has 5 nitrogen and oxygen atoms in total. The molecule has 2 aromatic rings. The van der Waals surface area contributed by atoms with Gasteiger partial charge in [0.2, 0.25) is 5.91 Å². The summed E-state index contributed by atoms with van der Waals surface area (Å²) in [6, 6.07) is 14.6. The fourth-order valence-corrected chi connectivity index (χ4v) is 2.90. The van der Waals surface area contributed by atoms with Crippen LogP contribution in [0.3, 0.4) is 0 Å². The van der Waals surface area contributed by atoms with E-state index in [2.05, 4.69) is 21.2 Å². The normalized spacial score (nSPS) is 11.8. The first-order valence-electron chi connectivity index (χ1n) is 9.30. The van der Waals surface area contributed by atoms with Gasteiger partial charge in [-0.1, -0.05) is 45.8 Å². The van der Waals surface area contributed by atoms with E-state index >= 15 is 0 Å². The van der Waals surface area contributed by atoms with Crippen molar-refractivity contribution < 1.29 is 14.3 Å². The van der Waals surface area contributed by atoms with Gasteiger partial charge in [0.15, 0.2) is 6.61 Å². The van der Waals surface area contributed by atoms with Gasteiger partial charge in [-0.05, 0) is 57.5 Å². The molecule has 0 bridgehead atoms. The van der Waals surface area contributed by atoms with Crippen LogP contribution < -0.4 is 10.1 Å². The molecule has 0 unspecified atom stereocenters. The second-order valence-electron chi connectivity index (χ2n) is 7.09. The summed E-state index contributed by atoms with van der Waals surface area (Å²) in [5, 5.41) is 2.87. The number of nitrogens with zero attached hydrogens (tertiary/aromatic N) is 1. The monoisotopic (exact) mass is 446 g/mol. The average molecular weight is 447 g/mol. The molecule has 0 aromatic heterocycles. The zero-order valence-electron chi connectivity index (χ0n) is 16.7. The molecule has 0 radical (unpaired) electrons. The van der Waals surface area contributed by atoms with E-state index in [1.165, 1.54) is 0 Å². The van der Waals surface area contributed by atoms with Gasteiger partial charge in [-0.2, -0.15) is 0 Å². The van der Waals surface area contributed by atoms with Crippen LogP contribution in [0.15, 0.2) is 53.0 Å². The van der Waals surface area contributed by atoms with E-state index in [0.717, 1.165) is 15.6 Å². The SMILES string of the molecule is Cc1ccc(CN(C(=O)COc2ccc(Br)cc2)[C@H](C)C(=O)NC(C)C)cc1. The zero-order chi connectivity index (χ0) is 20.7. The van der Waals surface area contributed by atoms with Crippen LogP contribution in [-0.4, -0.2) is 35.4 Å². The van der Waals surface area contributed by atoms with Crippen molar-refractivity contribution in [3.63, 3.8) is 0 Å². The molecule has 1 atom stereocenters. The quantitative estimate of drug-likeness (QED) is 0.664. The fourth-order valence-electron chi connectivity index (χ4n) is 2.64. The van der Waals surface area contributed by atoms with Crippen LogP contribution in [0.1, 0.15) is 31.9 Å². The fraction of sp³-hybridized carbons (Fsp3) is 0.364. The lowest BCUT2D eigenvalue weighted by molar-refractivity contribution is -0.142. The van der Waals surface area contributed by atoms with E-state index in [9.17, 15) is 9.59 Å². The number of carbonyl (C=O) groups is 2. The van der Waals surface area contributed by atoms with Crippen molar-refractivity contribution in [2.45, 2.75) is 46.3 Å². The lowest BCUT2D eigenvalue weighted by atomic mass is 10.1. The Morgan fingerprint density at radius 3 is 2.21 bits per heavy atom. The maximum atomic E-state index is 12.9. The largest absolute Gasteiger partial charge is 0.484 e. The summed E-state index contributed by atoms with van der Waals surface area (Å²) < 4.78 is 6.56. The molecule has 2 aromatic carbocycles. The highest BCUT2D eigenvalue weighted by Crippen LogP contribution is 2.17. The molecule has 150 valence electrons. The molecule has 0 heterocycles. The van der Waals surface area contributed by atoms with Crippen molar-refractivity contribution in [1.82, 2.24) is 10.2 Å². The number of nitrogens with one attached hydrogen (secondary N) is 1. The Kier molecular flexibility index (Phi) is 8.05. The first-order valence-corrected chi connectivity index (χ1v) is 10.1. The second kappa shape index (κ2) is 10.3. The van der Waals surface area contributed by atoms with Crippen LogP contribution in [0.25, 0.3) is 0 Å². The second-order valence-corrected chi connectivity index (χ2v) is 8.00. The number of carbonyl (C=O) groups excluding carboxylic acids is 2. The molecular weight excluding hydrogens is 420 g/mol. The third-order valence-electron chi connectivity index (χ3n) is 4.25. The number of ether oxygens (including phenoxy) is 1. The number of hydrogen-bond acceptors (Lipinski definition) is 3. The minimum atomic E-state index is -0.607. The average Bonchev–Trinajstić information content (AvgIpc) is 2.65. The zero-order valence-corrected chi connectivity index (χ0v) is 18.3. The third kappa shape index (κ3) is 6.68. The lowest BCUT2D eigenvalue weighted by Crippen LogP contribution is -2.50. The molecule has 0 spiro atoms. The molecule has 0 aliphatic carbocycles. The Balaban J connectivity index is 2.12.